The van der Waals surface area contributed by atoms with Crippen LogP contribution < -0.4 is 5.32 Å². The first kappa shape index (κ1) is 17.0. The average Bonchev–Trinajstić information content (AvgIpc) is 3.45. The summed E-state index contributed by atoms with van der Waals surface area (Å²) in [5.74, 6) is 1.03. The number of rotatable bonds is 6. The topological polar surface area (TPSA) is 49.4 Å². The molecular weight excluding hydrogens is 300 g/mol. The van der Waals surface area contributed by atoms with E-state index in [0.29, 0.717) is 12.3 Å². The van der Waals surface area contributed by atoms with Crippen LogP contribution in [0.15, 0.2) is 30.3 Å². The van der Waals surface area contributed by atoms with Crippen molar-refractivity contribution < 1.29 is 9.59 Å². The van der Waals surface area contributed by atoms with E-state index in [1.165, 1.54) is 18.4 Å². The van der Waals surface area contributed by atoms with Crippen molar-refractivity contribution in [3.8, 4) is 0 Å². The quantitative estimate of drug-likeness (QED) is 0.871. The second kappa shape index (κ2) is 7.82. The zero-order valence-corrected chi connectivity index (χ0v) is 14.5. The van der Waals surface area contributed by atoms with Crippen molar-refractivity contribution in [2.75, 3.05) is 13.1 Å². The van der Waals surface area contributed by atoms with Gasteiger partial charge in [-0.15, -0.1) is 0 Å². The molecule has 4 heteroatoms. The highest BCUT2D eigenvalue weighted by Crippen LogP contribution is 2.41. The second-order valence-electron chi connectivity index (χ2n) is 7.14. The Bertz CT molecular complexity index is 560. The van der Waals surface area contributed by atoms with Crippen molar-refractivity contribution in [3.63, 3.8) is 0 Å². The Balaban J connectivity index is 1.54. The van der Waals surface area contributed by atoms with Gasteiger partial charge in [0.1, 0.15) is 0 Å². The van der Waals surface area contributed by atoms with Gasteiger partial charge in [0.2, 0.25) is 11.8 Å². The van der Waals surface area contributed by atoms with Crippen LogP contribution in [-0.4, -0.2) is 29.8 Å². The van der Waals surface area contributed by atoms with Crippen molar-refractivity contribution in [1.29, 1.82) is 0 Å². The Kier molecular flexibility index (Phi) is 5.54. The van der Waals surface area contributed by atoms with Crippen LogP contribution >= 0.6 is 0 Å². The van der Waals surface area contributed by atoms with Crippen molar-refractivity contribution in [3.05, 3.63) is 35.9 Å². The number of likely N-dealkylation sites (tertiary alicyclic amines) is 1. The maximum Gasteiger partial charge on any atom is 0.223 e. The zero-order valence-electron chi connectivity index (χ0n) is 14.5. The summed E-state index contributed by atoms with van der Waals surface area (Å²) in [6.45, 7) is 3.46. The number of nitrogens with zero attached hydrogens (tertiary/aromatic N) is 1. The molecule has 1 aliphatic carbocycles. The molecule has 24 heavy (non-hydrogen) atoms. The van der Waals surface area contributed by atoms with Gasteiger partial charge in [0, 0.05) is 25.4 Å². The Morgan fingerprint density at radius 1 is 1.12 bits per heavy atom. The van der Waals surface area contributed by atoms with E-state index in [-0.39, 0.29) is 23.8 Å². The van der Waals surface area contributed by atoms with Crippen LogP contribution in [0.5, 0.6) is 0 Å². The summed E-state index contributed by atoms with van der Waals surface area (Å²) in [5.41, 5.74) is 1.21. The molecule has 2 fully saturated rings. The highest BCUT2D eigenvalue weighted by atomic mass is 16.2. The molecule has 0 radical (unpaired) electrons. The summed E-state index contributed by atoms with van der Waals surface area (Å²) < 4.78 is 0. The summed E-state index contributed by atoms with van der Waals surface area (Å²) in [7, 11) is 0. The third kappa shape index (κ3) is 4.16. The fraction of sp³-hybridized carbons (Fsp3) is 0.600. The Labute approximate surface area is 144 Å². The molecule has 4 nitrogen and oxygen atoms in total. The number of amides is 2. The Hall–Kier alpha value is -1.84. The molecule has 0 spiro atoms. The lowest BCUT2D eigenvalue weighted by molar-refractivity contribution is -0.135. The molecule has 1 saturated heterocycles. The molecule has 2 amide bonds. The van der Waals surface area contributed by atoms with E-state index in [9.17, 15) is 9.59 Å². The molecule has 1 N–H and O–H groups in total. The zero-order chi connectivity index (χ0) is 16.9. The largest absolute Gasteiger partial charge is 0.349 e. The van der Waals surface area contributed by atoms with Gasteiger partial charge in [-0.3, -0.25) is 9.59 Å². The predicted molar refractivity (Wildman–Crippen MR) is 94.3 cm³/mol. The molecule has 1 aliphatic heterocycles. The maximum absolute atomic E-state index is 12.7. The van der Waals surface area contributed by atoms with Crippen molar-refractivity contribution in [2.24, 2.45) is 11.8 Å². The summed E-state index contributed by atoms with van der Waals surface area (Å²) in [5, 5.41) is 3.29. The molecule has 1 aromatic rings. The first-order valence-corrected chi connectivity index (χ1v) is 9.32. The fourth-order valence-corrected chi connectivity index (χ4v) is 3.60. The number of nitrogens with one attached hydrogen (secondary N) is 1. The maximum atomic E-state index is 12.7. The lowest BCUT2D eigenvalue weighted by Gasteiger charge is -2.32. The molecule has 1 aromatic carbocycles. The minimum Gasteiger partial charge on any atom is -0.349 e. The van der Waals surface area contributed by atoms with Crippen LogP contribution in [0, 0.1) is 11.8 Å². The van der Waals surface area contributed by atoms with Gasteiger partial charge in [0.05, 0.1) is 6.04 Å². The molecule has 1 unspecified atom stereocenters. The van der Waals surface area contributed by atoms with E-state index in [0.717, 1.165) is 32.4 Å². The molecule has 0 aromatic heterocycles. The van der Waals surface area contributed by atoms with Gasteiger partial charge >= 0.3 is 0 Å². The third-order valence-electron chi connectivity index (χ3n) is 5.23. The standard InChI is InChI=1S/C20H28N2O2/c1-2-6-18(23)22-13-11-17(12-14-22)20(24)21-19(16-9-10-16)15-7-4-3-5-8-15/h3-5,7-8,16-17,19H,2,6,9-14H2,1H3,(H,21,24). The number of carbonyl (C=O) groups excluding carboxylic acids is 2. The van der Waals surface area contributed by atoms with Crippen LogP contribution in [0.2, 0.25) is 0 Å². The number of hydrogen-bond donors (Lipinski definition) is 1. The van der Waals surface area contributed by atoms with Crippen LogP contribution in [0.25, 0.3) is 0 Å². The summed E-state index contributed by atoms with van der Waals surface area (Å²) in [6.07, 6.45) is 5.47. The highest BCUT2D eigenvalue weighted by Gasteiger charge is 2.35. The van der Waals surface area contributed by atoms with E-state index in [2.05, 4.69) is 17.4 Å². The monoisotopic (exact) mass is 328 g/mol. The van der Waals surface area contributed by atoms with Gasteiger partial charge in [0.15, 0.2) is 0 Å². The van der Waals surface area contributed by atoms with E-state index in [4.69, 9.17) is 0 Å². The van der Waals surface area contributed by atoms with Crippen LogP contribution in [0.4, 0.5) is 0 Å². The molecular formula is C20H28N2O2. The minimum absolute atomic E-state index is 0.0423. The molecule has 3 rings (SSSR count). The van der Waals surface area contributed by atoms with E-state index in [1.807, 2.05) is 30.0 Å². The molecule has 130 valence electrons. The predicted octanol–water partition coefficient (Wildman–Crippen LogP) is 3.29. The van der Waals surface area contributed by atoms with Gasteiger partial charge in [-0.2, -0.15) is 0 Å². The average molecular weight is 328 g/mol. The van der Waals surface area contributed by atoms with Gasteiger partial charge in [-0.25, -0.2) is 0 Å². The number of carbonyl (C=O) groups is 2. The minimum atomic E-state index is 0.0423. The van der Waals surface area contributed by atoms with Crippen molar-refractivity contribution in [2.45, 2.75) is 51.5 Å². The lowest BCUT2D eigenvalue weighted by Crippen LogP contribution is -2.43. The van der Waals surface area contributed by atoms with E-state index in [1.54, 1.807) is 0 Å². The van der Waals surface area contributed by atoms with Crippen molar-refractivity contribution in [1.82, 2.24) is 10.2 Å². The Morgan fingerprint density at radius 2 is 1.79 bits per heavy atom. The SMILES string of the molecule is CCCC(=O)N1CCC(C(=O)NC(c2ccccc2)C2CC2)CC1. The van der Waals surface area contributed by atoms with Crippen LogP contribution in [0.1, 0.15) is 57.1 Å². The number of hydrogen-bond acceptors (Lipinski definition) is 2. The summed E-state index contributed by atoms with van der Waals surface area (Å²) in [4.78, 5) is 26.6. The van der Waals surface area contributed by atoms with E-state index < -0.39 is 0 Å². The van der Waals surface area contributed by atoms with E-state index >= 15 is 0 Å². The molecule has 0 bridgehead atoms. The van der Waals surface area contributed by atoms with Gasteiger partial charge in [0.25, 0.3) is 0 Å². The third-order valence-corrected chi connectivity index (χ3v) is 5.23. The van der Waals surface area contributed by atoms with Gasteiger partial charge < -0.3 is 10.2 Å². The molecule has 1 heterocycles. The number of piperidine rings is 1. The molecule has 2 aliphatic rings. The molecule has 1 saturated carbocycles. The highest BCUT2D eigenvalue weighted by molar-refractivity contribution is 5.80. The van der Waals surface area contributed by atoms with Crippen LogP contribution in [-0.2, 0) is 9.59 Å². The lowest BCUT2D eigenvalue weighted by atomic mass is 9.94. The number of benzene rings is 1. The molecule has 1 atom stereocenters. The summed E-state index contributed by atoms with van der Waals surface area (Å²) >= 11 is 0. The fourth-order valence-electron chi connectivity index (χ4n) is 3.60. The first-order chi connectivity index (χ1) is 11.7. The smallest absolute Gasteiger partial charge is 0.223 e. The summed E-state index contributed by atoms with van der Waals surface area (Å²) in [6, 6.07) is 10.4. The van der Waals surface area contributed by atoms with Gasteiger partial charge in [-0.05, 0) is 43.6 Å². The van der Waals surface area contributed by atoms with Gasteiger partial charge in [-0.1, -0.05) is 37.3 Å². The first-order valence-electron chi connectivity index (χ1n) is 9.32. The van der Waals surface area contributed by atoms with Crippen LogP contribution in [0.3, 0.4) is 0 Å². The Morgan fingerprint density at radius 3 is 2.38 bits per heavy atom. The normalized spacial score (nSPS) is 19.8. The van der Waals surface area contributed by atoms with Crippen molar-refractivity contribution >= 4 is 11.8 Å². The second-order valence-corrected chi connectivity index (χ2v) is 7.14.